The molecule has 0 aliphatic carbocycles. The van der Waals surface area contributed by atoms with Gasteiger partial charge in [0, 0.05) is 33.6 Å². The maximum Gasteiger partial charge on any atom is 0.264 e. The molecule has 12 heteroatoms. The number of hydrogen-bond donors (Lipinski definition) is 1. The van der Waals surface area contributed by atoms with E-state index in [1.54, 1.807) is 68.4 Å². The highest BCUT2D eigenvalue weighted by atomic mass is 35.5. The molecular formula is C30H35Cl2N3O5S2. The Balaban J connectivity index is 2.10. The minimum Gasteiger partial charge on any atom is -0.494 e. The van der Waals surface area contributed by atoms with E-state index >= 15 is 0 Å². The lowest BCUT2D eigenvalue weighted by Gasteiger charge is -2.33. The Bertz CT molecular complexity index is 1450. The Labute approximate surface area is 262 Å². The highest BCUT2D eigenvalue weighted by molar-refractivity contribution is 7.98. The maximum atomic E-state index is 14.1. The van der Waals surface area contributed by atoms with Gasteiger partial charge in [0.25, 0.3) is 10.0 Å². The summed E-state index contributed by atoms with van der Waals surface area (Å²) >= 11 is 14.4. The smallest absolute Gasteiger partial charge is 0.264 e. The van der Waals surface area contributed by atoms with Crippen LogP contribution >= 0.6 is 35.0 Å². The molecule has 0 saturated heterocycles. The van der Waals surface area contributed by atoms with Crippen LogP contribution in [0.25, 0.3) is 0 Å². The van der Waals surface area contributed by atoms with Crippen molar-refractivity contribution in [3.8, 4) is 5.75 Å². The number of amides is 2. The average molecular weight is 653 g/mol. The van der Waals surface area contributed by atoms with E-state index in [1.165, 1.54) is 28.8 Å². The first-order valence-corrected chi connectivity index (χ1v) is 16.9. The molecule has 0 aliphatic heterocycles. The van der Waals surface area contributed by atoms with Crippen LogP contribution in [0.4, 0.5) is 5.69 Å². The van der Waals surface area contributed by atoms with E-state index < -0.39 is 28.5 Å². The molecular weight excluding hydrogens is 617 g/mol. The van der Waals surface area contributed by atoms with Crippen molar-refractivity contribution in [2.75, 3.05) is 30.3 Å². The number of anilines is 1. The summed E-state index contributed by atoms with van der Waals surface area (Å²) in [6.07, 6.45) is 2.18. The SMILES string of the molecule is CCNC(=O)[C@H](CC)N(Cc1c(Cl)cccc1Cl)C(=O)CN(c1ccc(OCC)cc1)S(=O)(=O)c1ccc(SC)cc1. The first-order chi connectivity index (χ1) is 20.1. The van der Waals surface area contributed by atoms with E-state index in [2.05, 4.69) is 5.32 Å². The molecule has 0 heterocycles. The van der Waals surface area contributed by atoms with Gasteiger partial charge in [-0.25, -0.2) is 8.42 Å². The molecule has 0 fully saturated rings. The summed E-state index contributed by atoms with van der Waals surface area (Å²) in [5.74, 6) is -0.395. The van der Waals surface area contributed by atoms with Crippen molar-refractivity contribution in [2.24, 2.45) is 0 Å². The van der Waals surface area contributed by atoms with Gasteiger partial charge in [-0.15, -0.1) is 11.8 Å². The Hall–Kier alpha value is -2.92. The molecule has 3 aromatic carbocycles. The third-order valence-corrected chi connectivity index (χ3v) is 9.73. The summed E-state index contributed by atoms with van der Waals surface area (Å²) in [5.41, 5.74) is 0.725. The van der Waals surface area contributed by atoms with Crippen molar-refractivity contribution in [3.63, 3.8) is 0 Å². The minimum atomic E-state index is -4.20. The number of carbonyl (C=O) groups excluding carboxylic acids is 2. The van der Waals surface area contributed by atoms with Gasteiger partial charge in [-0.05, 0) is 87.2 Å². The van der Waals surface area contributed by atoms with Crippen LogP contribution in [0.2, 0.25) is 10.0 Å². The topological polar surface area (TPSA) is 96.0 Å². The molecule has 0 saturated carbocycles. The van der Waals surface area contributed by atoms with Crippen LogP contribution in [-0.4, -0.2) is 57.1 Å². The molecule has 0 aromatic heterocycles. The highest BCUT2D eigenvalue weighted by Crippen LogP contribution is 2.30. The van der Waals surface area contributed by atoms with Gasteiger partial charge in [0.1, 0.15) is 18.3 Å². The van der Waals surface area contributed by atoms with Gasteiger partial charge in [0.05, 0.1) is 17.2 Å². The number of carbonyl (C=O) groups is 2. The predicted octanol–water partition coefficient (Wildman–Crippen LogP) is 6.25. The number of thioether (sulfide) groups is 1. The Morgan fingerprint density at radius 3 is 2.10 bits per heavy atom. The van der Waals surface area contributed by atoms with Crippen LogP contribution in [-0.2, 0) is 26.2 Å². The van der Waals surface area contributed by atoms with Crippen molar-refractivity contribution in [3.05, 3.63) is 82.3 Å². The van der Waals surface area contributed by atoms with Crippen molar-refractivity contribution < 1.29 is 22.7 Å². The summed E-state index contributed by atoms with van der Waals surface area (Å²) in [7, 11) is -4.20. The van der Waals surface area contributed by atoms with E-state index in [-0.39, 0.29) is 29.5 Å². The Morgan fingerprint density at radius 2 is 1.57 bits per heavy atom. The molecule has 3 rings (SSSR count). The number of halogens is 2. The third kappa shape index (κ3) is 8.12. The standard InChI is InChI=1S/C30H35Cl2N3O5S2/c1-5-28(30(37)33-6-2)34(19-25-26(31)9-8-10-27(25)32)29(36)20-35(21-11-13-22(14-12-21)40-7-3)42(38,39)24-17-15-23(41-4)16-18-24/h8-18,28H,5-7,19-20H2,1-4H3,(H,33,37)/t28-/m0/s1. The predicted molar refractivity (Wildman–Crippen MR) is 170 cm³/mol. The summed E-state index contributed by atoms with van der Waals surface area (Å²) in [6, 6.07) is 17.0. The second-order valence-electron chi connectivity index (χ2n) is 9.15. The number of benzene rings is 3. The van der Waals surface area contributed by atoms with Crippen molar-refractivity contribution in [2.45, 2.75) is 49.6 Å². The van der Waals surface area contributed by atoms with Crippen LogP contribution in [0.15, 0.2) is 76.5 Å². The molecule has 2 amide bonds. The molecule has 226 valence electrons. The van der Waals surface area contributed by atoms with Crippen molar-refractivity contribution >= 4 is 62.5 Å². The normalized spacial score (nSPS) is 12.0. The summed E-state index contributed by atoms with van der Waals surface area (Å²) in [6.45, 7) is 5.56. The summed E-state index contributed by atoms with van der Waals surface area (Å²) in [5, 5.41) is 3.43. The molecule has 0 bridgehead atoms. The van der Waals surface area contributed by atoms with Crippen LogP contribution in [0.3, 0.4) is 0 Å². The van der Waals surface area contributed by atoms with Gasteiger partial charge in [-0.2, -0.15) is 0 Å². The number of rotatable bonds is 14. The van der Waals surface area contributed by atoms with Gasteiger partial charge >= 0.3 is 0 Å². The van der Waals surface area contributed by atoms with Crippen LogP contribution in [0.1, 0.15) is 32.8 Å². The molecule has 0 aliphatic rings. The number of likely N-dealkylation sites (N-methyl/N-ethyl adjacent to an activating group) is 1. The lowest BCUT2D eigenvalue weighted by Crippen LogP contribution is -2.52. The molecule has 0 spiro atoms. The van der Waals surface area contributed by atoms with Crippen LogP contribution in [0, 0.1) is 0 Å². The number of nitrogens with one attached hydrogen (secondary N) is 1. The fourth-order valence-electron chi connectivity index (χ4n) is 4.34. The first kappa shape index (κ1) is 33.6. The Kier molecular flexibility index (Phi) is 12.4. The molecule has 1 atom stereocenters. The monoisotopic (exact) mass is 651 g/mol. The fourth-order valence-corrected chi connectivity index (χ4v) is 6.68. The molecule has 0 unspecified atom stereocenters. The zero-order chi connectivity index (χ0) is 30.9. The van der Waals surface area contributed by atoms with Gasteiger partial charge in [0.2, 0.25) is 11.8 Å². The zero-order valence-corrected chi connectivity index (χ0v) is 27.1. The third-order valence-electron chi connectivity index (χ3n) is 6.49. The molecule has 1 N–H and O–H groups in total. The van der Waals surface area contributed by atoms with Crippen LogP contribution < -0.4 is 14.4 Å². The minimum absolute atomic E-state index is 0.0263. The van der Waals surface area contributed by atoms with Crippen molar-refractivity contribution in [1.82, 2.24) is 10.2 Å². The van der Waals surface area contributed by atoms with Crippen molar-refractivity contribution in [1.29, 1.82) is 0 Å². The van der Waals surface area contributed by atoms with Gasteiger partial charge in [0.15, 0.2) is 0 Å². The molecule has 42 heavy (non-hydrogen) atoms. The Morgan fingerprint density at radius 1 is 0.952 bits per heavy atom. The molecule has 3 aromatic rings. The zero-order valence-electron chi connectivity index (χ0n) is 24.0. The quantitative estimate of drug-likeness (QED) is 0.207. The lowest BCUT2D eigenvalue weighted by atomic mass is 10.1. The second kappa shape index (κ2) is 15.5. The highest BCUT2D eigenvalue weighted by Gasteiger charge is 2.34. The number of ether oxygens (including phenoxy) is 1. The summed E-state index contributed by atoms with van der Waals surface area (Å²) < 4.78 is 34.6. The second-order valence-corrected chi connectivity index (χ2v) is 12.7. The number of hydrogen-bond acceptors (Lipinski definition) is 6. The van der Waals surface area contributed by atoms with E-state index in [1.807, 2.05) is 13.2 Å². The maximum absolute atomic E-state index is 14.1. The van der Waals surface area contributed by atoms with Gasteiger partial charge in [-0.1, -0.05) is 36.2 Å². The van der Waals surface area contributed by atoms with E-state index in [0.29, 0.717) is 34.5 Å². The van der Waals surface area contributed by atoms with Gasteiger partial charge < -0.3 is 15.0 Å². The summed E-state index contributed by atoms with van der Waals surface area (Å²) in [4.78, 5) is 29.5. The fraction of sp³-hybridized carbons (Fsp3) is 0.333. The number of sulfonamides is 1. The van der Waals surface area contributed by atoms with E-state index in [9.17, 15) is 18.0 Å². The largest absolute Gasteiger partial charge is 0.494 e. The lowest BCUT2D eigenvalue weighted by molar-refractivity contribution is -0.140. The van der Waals surface area contributed by atoms with Gasteiger partial charge in [-0.3, -0.25) is 13.9 Å². The number of nitrogens with zero attached hydrogens (tertiary/aromatic N) is 2. The average Bonchev–Trinajstić information content (AvgIpc) is 2.98. The molecule has 8 nitrogen and oxygen atoms in total. The first-order valence-electron chi connectivity index (χ1n) is 13.5. The van der Waals surface area contributed by atoms with E-state index in [4.69, 9.17) is 27.9 Å². The van der Waals surface area contributed by atoms with Crippen LogP contribution in [0.5, 0.6) is 5.75 Å². The molecule has 0 radical (unpaired) electrons. The van der Waals surface area contributed by atoms with E-state index in [0.717, 1.165) is 9.20 Å².